The molecule has 27 heavy (non-hydrogen) atoms. The van der Waals surface area contributed by atoms with Crippen LogP contribution in [0, 0.1) is 0 Å². The zero-order valence-electron chi connectivity index (χ0n) is 15.0. The average Bonchev–Trinajstić information content (AvgIpc) is 2.71. The number of phenolic OH excluding ortho intramolecular Hbond substituents is 1. The third-order valence-corrected chi connectivity index (χ3v) is 4.22. The standard InChI is InChI=1S/C23H22O4/c24-17-19-10-11-22(26-14-12-18-6-2-1-3-7-18)23(16-19)27-15-13-20-8-4-5-9-21(20)25/h1-11,16-17,25H,12-15H2. The quantitative estimate of drug-likeness (QED) is 0.572. The fourth-order valence-electron chi connectivity index (χ4n) is 2.75. The van der Waals surface area contributed by atoms with E-state index in [4.69, 9.17) is 9.47 Å². The third kappa shape index (κ3) is 5.35. The van der Waals surface area contributed by atoms with Gasteiger partial charge in [-0.15, -0.1) is 0 Å². The smallest absolute Gasteiger partial charge is 0.161 e. The fourth-order valence-corrected chi connectivity index (χ4v) is 2.75. The second-order valence-corrected chi connectivity index (χ2v) is 6.14. The molecule has 0 aliphatic carbocycles. The van der Waals surface area contributed by atoms with Crippen molar-refractivity contribution in [3.63, 3.8) is 0 Å². The molecule has 0 aliphatic rings. The van der Waals surface area contributed by atoms with Gasteiger partial charge in [0.25, 0.3) is 0 Å². The van der Waals surface area contributed by atoms with Crippen LogP contribution in [0.5, 0.6) is 17.2 Å². The Morgan fingerprint density at radius 3 is 2.26 bits per heavy atom. The van der Waals surface area contributed by atoms with Gasteiger partial charge in [-0.25, -0.2) is 0 Å². The number of para-hydroxylation sites is 1. The summed E-state index contributed by atoms with van der Waals surface area (Å²) in [5.74, 6) is 1.39. The number of rotatable bonds is 9. The highest BCUT2D eigenvalue weighted by atomic mass is 16.5. The Morgan fingerprint density at radius 2 is 1.48 bits per heavy atom. The predicted octanol–water partition coefficient (Wildman–Crippen LogP) is 4.45. The molecule has 4 heteroatoms. The number of hydrogen-bond donors (Lipinski definition) is 1. The zero-order chi connectivity index (χ0) is 18.9. The molecule has 138 valence electrons. The lowest BCUT2D eigenvalue weighted by Crippen LogP contribution is -2.06. The van der Waals surface area contributed by atoms with Crippen molar-refractivity contribution in [3.05, 3.63) is 89.5 Å². The summed E-state index contributed by atoms with van der Waals surface area (Å²) in [6, 6.07) is 22.4. The van der Waals surface area contributed by atoms with Gasteiger partial charge in [-0.3, -0.25) is 4.79 Å². The van der Waals surface area contributed by atoms with Crippen molar-refractivity contribution in [2.45, 2.75) is 12.8 Å². The van der Waals surface area contributed by atoms with E-state index < -0.39 is 0 Å². The van der Waals surface area contributed by atoms with Crippen molar-refractivity contribution in [2.24, 2.45) is 0 Å². The molecule has 0 amide bonds. The van der Waals surface area contributed by atoms with E-state index in [-0.39, 0.29) is 5.75 Å². The molecule has 0 radical (unpaired) electrons. The first-order valence-electron chi connectivity index (χ1n) is 8.92. The van der Waals surface area contributed by atoms with Crippen LogP contribution in [0.2, 0.25) is 0 Å². The molecule has 3 aromatic carbocycles. The number of phenols is 1. The van der Waals surface area contributed by atoms with E-state index in [0.717, 1.165) is 18.3 Å². The lowest BCUT2D eigenvalue weighted by atomic mass is 10.1. The molecule has 0 aromatic heterocycles. The second kappa shape index (κ2) is 9.43. The van der Waals surface area contributed by atoms with E-state index in [9.17, 15) is 9.90 Å². The lowest BCUT2D eigenvalue weighted by molar-refractivity contribution is 0.112. The Bertz CT molecular complexity index is 875. The number of carbonyl (C=O) groups is 1. The van der Waals surface area contributed by atoms with Gasteiger partial charge < -0.3 is 14.6 Å². The molecule has 0 aliphatic heterocycles. The summed E-state index contributed by atoms with van der Waals surface area (Å²) in [4.78, 5) is 11.1. The summed E-state index contributed by atoms with van der Waals surface area (Å²) in [6.07, 6.45) is 2.12. The first-order chi connectivity index (χ1) is 13.3. The number of benzene rings is 3. The van der Waals surface area contributed by atoms with Crippen LogP contribution in [0.25, 0.3) is 0 Å². The molecule has 1 N–H and O–H groups in total. The maximum absolute atomic E-state index is 11.1. The molecule has 0 unspecified atom stereocenters. The molecule has 0 saturated heterocycles. The van der Waals surface area contributed by atoms with Crippen LogP contribution in [0.15, 0.2) is 72.8 Å². The largest absolute Gasteiger partial charge is 0.508 e. The molecule has 0 heterocycles. The number of ether oxygens (including phenoxy) is 2. The highest BCUT2D eigenvalue weighted by Gasteiger charge is 2.08. The van der Waals surface area contributed by atoms with Gasteiger partial charge in [0.2, 0.25) is 0 Å². The van der Waals surface area contributed by atoms with Crippen LogP contribution in [0.1, 0.15) is 21.5 Å². The normalized spacial score (nSPS) is 10.4. The van der Waals surface area contributed by atoms with Gasteiger partial charge in [-0.2, -0.15) is 0 Å². The molecule has 0 atom stereocenters. The Labute approximate surface area is 159 Å². The van der Waals surface area contributed by atoms with Gasteiger partial charge in [0.1, 0.15) is 12.0 Å². The van der Waals surface area contributed by atoms with Crippen LogP contribution < -0.4 is 9.47 Å². The Hall–Kier alpha value is -3.27. The topological polar surface area (TPSA) is 55.8 Å². The molecule has 4 nitrogen and oxygen atoms in total. The minimum absolute atomic E-state index is 0.252. The van der Waals surface area contributed by atoms with E-state index in [1.165, 1.54) is 5.56 Å². The molecule has 3 aromatic rings. The Balaban J connectivity index is 1.62. The summed E-state index contributed by atoms with van der Waals surface area (Å²) < 4.78 is 11.7. The van der Waals surface area contributed by atoms with Crippen LogP contribution in [0.3, 0.4) is 0 Å². The highest BCUT2D eigenvalue weighted by Crippen LogP contribution is 2.29. The molecule has 0 bridgehead atoms. The van der Waals surface area contributed by atoms with Gasteiger partial charge in [0.05, 0.1) is 13.2 Å². The van der Waals surface area contributed by atoms with Gasteiger partial charge in [0, 0.05) is 18.4 Å². The minimum Gasteiger partial charge on any atom is -0.508 e. The predicted molar refractivity (Wildman–Crippen MR) is 105 cm³/mol. The maximum Gasteiger partial charge on any atom is 0.161 e. The van der Waals surface area contributed by atoms with Crippen molar-refractivity contribution in [2.75, 3.05) is 13.2 Å². The van der Waals surface area contributed by atoms with E-state index >= 15 is 0 Å². The van der Waals surface area contributed by atoms with Crippen LogP contribution >= 0.6 is 0 Å². The average molecular weight is 362 g/mol. The van der Waals surface area contributed by atoms with Gasteiger partial charge in [-0.1, -0.05) is 48.5 Å². The Kier molecular flexibility index (Phi) is 6.47. The molecule has 0 fully saturated rings. The first kappa shape index (κ1) is 18.5. The zero-order valence-corrected chi connectivity index (χ0v) is 15.0. The van der Waals surface area contributed by atoms with Crippen molar-refractivity contribution in [3.8, 4) is 17.2 Å². The van der Waals surface area contributed by atoms with E-state index in [1.807, 2.05) is 30.3 Å². The highest BCUT2D eigenvalue weighted by molar-refractivity contribution is 5.76. The molecule has 0 saturated carbocycles. The number of aromatic hydroxyl groups is 1. The van der Waals surface area contributed by atoms with Crippen molar-refractivity contribution in [1.82, 2.24) is 0 Å². The maximum atomic E-state index is 11.1. The second-order valence-electron chi connectivity index (χ2n) is 6.14. The summed E-state index contributed by atoms with van der Waals surface area (Å²) in [7, 11) is 0. The number of carbonyl (C=O) groups excluding carboxylic acids is 1. The third-order valence-electron chi connectivity index (χ3n) is 4.22. The van der Waals surface area contributed by atoms with E-state index in [0.29, 0.717) is 36.7 Å². The van der Waals surface area contributed by atoms with E-state index in [2.05, 4.69) is 12.1 Å². The fraction of sp³-hybridized carbons (Fsp3) is 0.174. The summed E-state index contributed by atoms with van der Waals surface area (Å²) in [5.41, 5.74) is 2.54. The SMILES string of the molecule is O=Cc1ccc(OCCc2ccccc2)c(OCCc2ccccc2O)c1. The minimum atomic E-state index is 0.252. The number of aldehydes is 1. The van der Waals surface area contributed by atoms with Crippen molar-refractivity contribution >= 4 is 6.29 Å². The van der Waals surface area contributed by atoms with Gasteiger partial charge in [-0.05, 0) is 35.4 Å². The van der Waals surface area contributed by atoms with Crippen molar-refractivity contribution in [1.29, 1.82) is 0 Å². The molecule has 3 rings (SSSR count). The monoisotopic (exact) mass is 362 g/mol. The first-order valence-corrected chi connectivity index (χ1v) is 8.92. The van der Waals surface area contributed by atoms with Crippen LogP contribution in [-0.2, 0) is 12.8 Å². The van der Waals surface area contributed by atoms with Crippen molar-refractivity contribution < 1.29 is 19.4 Å². The lowest BCUT2D eigenvalue weighted by Gasteiger charge is -2.14. The van der Waals surface area contributed by atoms with Crippen LogP contribution in [0.4, 0.5) is 0 Å². The van der Waals surface area contributed by atoms with Gasteiger partial charge >= 0.3 is 0 Å². The molecular weight excluding hydrogens is 340 g/mol. The van der Waals surface area contributed by atoms with Crippen LogP contribution in [-0.4, -0.2) is 24.6 Å². The summed E-state index contributed by atoms with van der Waals surface area (Å²) in [6.45, 7) is 0.884. The Morgan fingerprint density at radius 1 is 0.778 bits per heavy atom. The number of hydrogen-bond acceptors (Lipinski definition) is 4. The molecule has 0 spiro atoms. The summed E-state index contributed by atoms with van der Waals surface area (Å²) in [5, 5.41) is 9.84. The van der Waals surface area contributed by atoms with Gasteiger partial charge in [0.15, 0.2) is 11.5 Å². The molecular formula is C23H22O4. The van der Waals surface area contributed by atoms with E-state index in [1.54, 1.807) is 30.3 Å². The summed E-state index contributed by atoms with van der Waals surface area (Å²) >= 11 is 0.